The van der Waals surface area contributed by atoms with Gasteiger partial charge in [-0.2, -0.15) is 0 Å². The second-order valence-corrected chi connectivity index (χ2v) is 9.07. The Hall–Kier alpha value is -3.36. The summed E-state index contributed by atoms with van der Waals surface area (Å²) >= 11 is 2.42. The number of benzene rings is 3. The van der Waals surface area contributed by atoms with Crippen LogP contribution in [0.1, 0.15) is 32.4 Å². The van der Waals surface area contributed by atoms with Gasteiger partial charge >= 0.3 is 0 Å². The summed E-state index contributed by atoms with van der Waals surface area (Å²) in [6.45, 7) is 0. The summed E-state index contributed by atoms with van der Waals surface area (Å²) in [5, 5.41) is -0.193. The Kier molecular flexibility index (Phi) is 5.79. The summed E-state index contributed by atoms with van der Waals surface area (Å²) in [5.74, 6) is 1.79. The number of nitrogens with zero attached hydrogens (tertiary/aromatic N) is 2. The first-order valence-corrected chi connectivity index (χ1v) is 11.9. The van der Waals surface area contributed by atoms with Gasteiger partial charge in [-0.05, 0) is 35.4 Å². The van der Waals surface area contributed by atoms with Crippen LogP contribution in [0, 0.1) is 0 Å². The molecule has 6 nitrogen and oxygen atoms in total. The molecule has 0 spiro atoms. The maximum absolute atomic E-state index is 12.5. The predicted octanol–water partition coefficient (Wildman–Crippen LogP) is 5.59. The number of rotatable bonds is 6. The Labute approximate surface area is 192 Å². The molecule has 0 radical (unpaired) electrons. The fourth-order valence-electron chi connectivity index (χ4n) is 3.34. The minimum Gasteiger partial charge on any atom is -0.335 e. The van der Waals surface area contributed by atoms with Gasteiger partial charge in [-0.3, -0.25) is 9.59 Å². The number of carbonyl (C=O) groups excluding carboxylic acids is 2. The van der Waals surface area contributed by atoms with Crippen LogP contribution in [-0.2, 0) is 11.5 Å². The van der Waals surface area contributed by atoms with E-state index in [0.717, 1.165) is 33.2 Å². The summed E-state index contributed by atoms with van der Waals surface area (Å²) in [6.07, 6.45) is 0. The quantitative estimate of drug-likeness (QED) is 0.345. The standard InChI is InChI=1S/C24H18N4O2S2/c29-23(21-25-17-8-1-2-9-18(17)26-21)31-13-15-6-5-7-16(12-15)14-32-24(30)22-27-19-10-3-4-11-20(19)28-22/h1-12H,13-14H2,(H,25,26)(H,27,28). The SMILES string of the molecule is O=C(SCc1cccc(CSC(=O)c2nc3ccccc3[nH]2)c1)c1nc2ccccc2[nH]1. The van der Waals surface area contributed by atoms with E-state index in [1.807, 2.05) is 72.8 Å². The van der Waals surface area contributed by atoms with Crippen LogP contribution in [0.15, 0.2) is 72.8 Å². The molecule has 0 aliphatic carbocycles. The molecule has 0 atom stereocenters. The van der Waals surface area contributed by atoms with Crippen LogP contribution in [0.4, 0.5) is 0 Å². The molecule has 5 rings (SSSR count). The number of imidazole rings is 2. The third-order valence-corrected chi connectivity index (χ3v) is 6.76. The van der Waals surface area contributed by atoms with Crippen molar-refractivity contribution in [2.75, 3.05) is 0 Å². The van der Waals surface area contributed by atoms with E-state index in [0.29, 0.717) is 23.2 Å². The zero-order valence-corrected chi connectivity index (χ0v) is 18.5. The molecule has 3 aromatic carbocycles. The Morgan fingerprint density at radius 3 is 1.59 bits per heavy atom. The lowest BCUT2D eigenvalue weighted by molar-refractivity contribution is 0.107. The average Bonchev–Trinajstić information content (AvgIpc) is 3.45. The number of aromatic amines is 2. The molecular weight excluding hydrogens is 440 g/mol. The maximum Gasteiger partial charge on any atom is 0.255 e. The number of hydrogen-bond acceptors (Lipinski definition) is 6. The first-order valence-electron chi connectivity index (χ1n) is 9.97. The minimum absolute atomic E-state index is 0.0963. The first-order chi connectivity index (χ1) is 15.7. The molecule has 0 fully saturated rings. The number of nitrogens with one attached hydrogen (secondary N) is 2. The van der Waals surface area contributed by atoms with Gasteiger partial charge in [-0.15, -0.1) is 0 Å². The van der Waals surface area contributed by atoms with E-state index in [2.05, 4.69) is 19.9 Å². The van der Waals surface area contributed by atoms with Crippen molar-refractivity contribution in [1.82, 2.24) is 19.9 Å². The zero-order chi connectivity index (χ0) is 21.9. The number of aromatic nitrogens is 4. The number of carbonyl (C=O) groups is 2. The van der Waals surface area contributed by atoms with Gasteiger partial charge in [0.15, 0.2) is 11.6 Å². The monoisotopic (exact) mass is 458 g/mol. The smallest absolute Gasteiger partial charge is 0.255 e. The largest absolute Gasteiger partial charge is 0.335 e. The molecule has 2 heterocycles. The summed E-state index contributed by atoms with van der Waals surface area (Å²) in [6, 6.07) is 23.1. The molecule has 0 saturated heterocycles. The van der Waals surface area contributed by atoms with Crippen molar-refractivity contribution in [3.05, 3.63) is 95.6 Å². The predicted molar refractivity (Wildman–Crippen MR) is 130 cm³/mol. The summed E-state index contributed by atoms with van der Waals surface area (Å²) in [4.78, 5) is 39.9. The van der Waals surface area contributed by atoms with Crippen molar-refractivity contribution in [3.63, 3.8) is 0 Å². The number of hydrogen-bond donors (Lipinski definition) is 2. The Morgan fingerprint density at radius 1 is 0.656 bits per heavy atom. The average molecular weight is 459 g/mol. The summed E-state index contributed by atoms with van der Waals surface area (Å²) in [7, 11) is 0. The summed E-state index contributed by atoms with van der Waals surface area (Å²) in [5.41, 5.74) is 5.31. The second kappa shape index (κ2) is 9.02. The fraction of sp³-hybridized carbons (Fsp3) is 0.0833. The van der Waals surface area contributed by atoms with E-state index < -0.39 is 0 Å². The van der Waals surface area contributed by atoms with Gasteiger partial charge in [0.2, 0.25) is 0 Å². The van der Waals surface area contributed by atoms with Gasteiger partial charge in [0, 0.05) is 11.5 Å². The summed E-state index contributed by atoms with van der Waals surface area (Å²) < 4.78 is 0. The molecular formula is C24H18N4O2S2. The van der Waals surface area contributed by atoms with E-state index in [4.69, 9.17) is 0 Å². The van der Waals surface area contributed by atoms with E-state index in [1.165, 1.54) is 23.5 Å². The van der Waals surface area contributed by atoms with Crippen molar-refractivity contribution in [1.29, 1.82) is 0 Å². The lowest BCUT2D eigenvalue weighted by atomic mass is 10.2. The van der Waals surface area contributed by atoms with Crippen LogP contribution >= 0.6 is 23.5 Å². The van der Waals surface area contributed by atoms with Crippen molar-refractivity contribution in [2.45, 2.75) is 11.5 Å². The molecule has 0 amide bonds. The normalized spacial score (nSPS) is 11.2. The van der Waals surface area contributed by atoms with E-state index >= 15 is 0 Å². The molecule has 5 aromatic rings. The van der Waals surface area contributed by atoms with Gasteiger partial charge < -0.3 is 9.97 Å². The van der Waals surface area contributed by atoms with Crippen molar-refractivity contribution in [2.24, 2.45) is 0 Å². The van der Waals surface area contributed by atoms with Crippen molar-refractivity contribution >= 4 is 55.8 Å². The Balaban J connectivity index is 1.19. The van der Waals surface area contributed by atoms with Gasteiger partial charge in [0.25, 0.3) is 10.2 Å². The molecule has 2 aromatic heterocycles. The van der Waals surface area contributed by atoms with E-state index in [1.54, 1.807) is 0 Å². The van der Waals surface area contributed by atoms with Crippen molar-refractivity contribution in [3.8, 4) is 0 Å². The van der Waals surface area contributed by atoms with Crippen LogP contribution in [0.2, 0.25) is 0 Å². The zero-order valence-electron chi connectivity index (χ0n) is 16.9. The molecule has 2 N–H and O–H groups in total. The Bertz CT molecular complexity index is 1270. The van der Waals surface area contributed by atoms with Crippen LogP contribution in [0.3, 0.4) is 0 Å². The van der Waals surface area contributed by atoms with Gasteiger partial charge in [0.1, 0.15) is 0 Å². The van der Waals surface area contributed by atoms with Gasteiger partial charge in [-0.25, -0.2) is 9.97 Å². The molecule has 8 heteroatoms. The first kappa shape index (κ1) is 20.5. The van der Waals surface area contributed by atoms with Crippen LogP contribution in [-0.4, -0.2) is 30.2 Å². The molecule has 0 bridgehead atoms. The highest BCUT2D eigenvalue weighted by Gasteiger charge is 2.14. The van der Waals surface area contributed by atoms with E-state index in [9.17, 15) is 9.59 Å². The van der Waals surface area contributed by atoms with Gasteiger partial charge in [0.05, 0.1) is 22.1 Å². The lowest BCUT2D eigenvalue weighted by Crippen LogP contribution is -1.98. The molecule has 0 aliphatic heterocycles. The number of fused-ring (bicyclic) bond motifs is 2. The molecule has 158 valence electrons. The maximum atomic E-state index is 12.5. The molecule has 0 aliphatic rings. The molecule has 32 heavy (non-hydrogen) atoms. The number of thioether (sulfide) groups is 2. The fourth-order valence-corrected chi connectivity index (χ4v) is 4.76. The number of para-hydroxylation sites is 4. The lowest BCUT2D eigenvalue weighted by Gasteiger charge is -2.04. The highest BCUT2D eigenvalue weighted by molar-refractivity contribution is 8.13. The highest BCUT2D eigenvalue weighted by Crippen LogP contribution is 2.23. The van der Waals surface area contributed by atoms with Crippen molar-refractivity contribution < 1.29 is 9.59 Å². The minimum atomic E-state index is -0.0963. The van der Waals surface area contributed by atoms with Gasteiger partial charge in [-0.1, -0.05) is 72.1 Å². The van der Waals surface area contributed by atoms with E-state index in [-0.39, 0.29) is 10.2 Å². The second-order valence-electron chi connectivity index (χ2n) is 7.18. The third kappa shape index (κ3) is 4.46. The van der Waals surface area contributed by atoms with Crippen LogP contribution in [0.5, 0.6) is 0 Å². The van der Waals surface area contributed by atoms with Crippen LogP contribution < -0.4 is 0 Å². The number of H-pyrrole nitrogens is 2. The molecule has 0 unspecified atom stereocenters. The van der Waals surface area contributed by atoms with Crippen LogP contribution in [0.25, 0.3) is 22.1 Å². The topological polar surface area (TPSA) is 91.5 Å². The Morgan fingerprint density at radius 2 is 1.12 bits per heavy atom. The molecule has 0 saturated carbocycles. The third-order valence-electron chi connectivity index (χ3n) is 4.90. The highest BCUT2D eigenvalue weighted by atomic mass is 32.2.